The maximum atomic E-state index is 13.3. The number of carbonyl (C=O) groups excluding carboxylic acids is 1. The van der Waals surface area contributed by atoms with Gasteiger partial charge in [-0.1, -0.05) is 12.1 Å². The van der Waals surface area contributed by atoms with Crippen LogP contribution in [0.3, 0.4) is 0 Å². The molecule has 1 rings (SSSR count). The van der Waals surface area contributed by atoms with Crippen molar-refractivity contribution in [3.05, 3.63) is 35.4 Å². The number of rotatable bonds is 7. The van der Waals surface area contributed by atoms with Crippen molar-refractivity contribution in [1.82, 2.24) is 0 Å². The van der Waals surface area contributed by atoms with Crippen LogP contribution in [-0.2, 0) is 15.3 Å². The van der Waals surface area contributed by atoms with Gasteiger partial charge in [0.05, 0.1) is 6.61 Å². The van der Waals surface area contributed by atoms with Gasteiger partial charge in [-0.15, -0.1) is 0 Å². The summed E-state index contributed by atoms with van der Waals surface area (Å²) >= 11 is 1.40. The second kappa shape index (κ2) is 8.12. The lowest BCUT2D eigenvalue weighted by molar-refractivity contribution is -0.144. The fraction of sp³-hybridized carbons (Fsp3) is 0.462. The Labute approximate surface area is 115 Å². The van der Waals surface area contributed by atoms with Gasteiger partial charge in [0.1, 0.15) is 6.04 Å². The zero-order chi connectivity index (χ0) is 14.3. The SMILES string of the molecule is CCOC(=O)C(N)CCSCc1cccc(F)c1F. The average Bonchev–Trinajstić information content (AvgIpc) is 2.39. The maximum Gasteiger partial charge on any atom is 0.322 e. The molecule has 0 amide bonds. The first-order chi connectivity index (χ1) is 9.06. The van der Waals surface area contributed by atoms with Crippen LogP contribution in [0.5, 0.6) is 0 Å². The molecular formula is C13H17F2NO2S. The lowest BCUT2D eigenvalue weighted by atomic mass is 10.2. The smallest absolute Gasteiger partial charge is 0.322 e. The molecule has 1 aromatic rings. The van der Waals surface area contributed by atoms with Crippen molar-refractivity contribution in [2.45, 2.75) is 25.1 Å². The van der Waals surface area contributed by atoms with Crippen molar-refractivity contribution >= 4 is 17.7 Å². The molecule has 0 saturated carbocycles. The largest absolute Gasteiger partial charge is 0.465 e. The van der Waals surface area contributed by atoms with E-state index in [1.54, 1.807) is 6.92 Å². The van der Waals surface area contributed by atoms with E-state index in [9.17, 15) is 13.6 Å². The first-order valence-electron chi connectivity index (χ1n) is 5.99. The number of esters is 1. The van der Waals surface area contributed by atoms with E-state index in [1.165, 1.54) is 23.9 Å². The molecule has 2 N–H and O–H groups in total. The van der Waals surface area contributed by atoms with Gasteiger partial charge in [0.2, 0.25) is 0 Å². The summed E-state index contributed by atoms with van der Waals surface area (Å²) in [6, 6.07) is 3.43. The van der Waals surface area contributed by atoms with Crippen LogP contribution in [0.25, 0.3) is 0 Å². The molecule has 0 saturated heterocycles. The number of hydrogen-bond acceptors (Lipinski definition) is 4. The fourth-order valence-corrected chi connectivity index (χ4v) is 2.43. The number of benzene rings is 1. The molecule has 1 unspecified atom stereocenters. The van der Waals surface area contributed by atoms with E-state index in [0.717, 1.165) is 6.07 Å². The van der Waals surface area contributed by atoms with Crippen LogP contribution in [0.4, 0.5) is 8.78 Å². The highest BCUT2D eigenvalue weighted by Crippen LogP contribution is 2.18. The second-order valence-electron chi connectivity index (χ2n) is 3.91. The third-order valence-electron chi connectivity index (χ3n) is 2.45. The Morgan fingerprint density at radius 3 is 2.89 bits per heavy atom. The van der Waals surface area contributed by atoms with Crippen LogP contribution >= 0.6 is 11.8 Å². The Kier molecular flexibility index (Phi) is 6.80. The van der Waals surface area contributed by atoms with Crippen LogP contribution in [-0.4, -0.2) is 24.4 Å². The molecule has 106 valence electrons. The van der Waals surface area contributed by atoms with E-state index in [1.807, 2.05) is 0 Å². The van der Waals surface area contributed by atoms with Gasteiger partial charge in [0, 0.05) is 11.3 Å². The predicted octanol–water partition coefficient (Wildman–Crippen LogP) is 2.48. The highest BCUT2D eigenvalue weighted by Gasteiger charge is 2.14. The standard InChI is InChI=1S/C13H17F2NO2S/c1-2-18-13(17)11(16)6-7-19-8-9-4-3-5-10(14)12(9)15/h3-5,11H,2,6-8,16H2,1H3. The Bertz CT molecular complexity index is 429. The van der Waals surface area contributed by atoms with E-state index >= 15 is 0 Å². The topological polar surface area (TPSA) is 52.3 Å². The lowest BCUT2D eigenvalue weighted by Crippen LogP contribution is -2.32. The first-order valence-corrected chi connectivity index (χ1v) is 7.14. The number of carbonyl (C=O) groups is 1. The quantitative estimate of drug-likeness (QED) is 0.619. The number of thioether (sulfide) groups is 1. The van der Waals surface area contributed by atoms with Gasteiger partial charge in [-0.25, -0.2) is 8.78 Å². The molecule has 0 aliphatic rings. The number of nitrogens with two attached hydrogens (primary N) is 1. The number of halogens is 2. The Hall–Kier alpha value is -1.14. The molecule has 1 atom stereocenters. The lowest BCUT2D eigenvalue weighted by Gasteiger charge is -2.10. The minimum absolute atomic E-state index is 0.300. The van der Waals surface area contributed by atoms with E-state index in [4.69, 9.17) is 10.5 Å². The molecule has 1 aromatic carbocycles. The van der Waals surface area contributed by atoms with Gasteiger partial charge >= 0.3 is 5.97 Å². The molecule has 0 aliphatic carbocycles. The molecular weight excluding hydrogens is 272 g/mol. The maximum absolute atomic E-state index is 13.3. The molecule has 6 heteroatoms. The van der Waals surface area contributed by atoms with Crippen molar-refractivity contribution < 1.29 is 18.3 Å². The summed E-state index contributed by atoms with van der Waals surface area (Å²) in [6.07, 6.45) is 0.445. The highest BCUT2D eigenvalue weighted by molar-refractivity contribution is 7.98. The van der Waals surface area contributed by atoms with Crippen LogP contribution < -0.4 is 5.73 Å². The molecule has 0 aliphatic heterocycles. The van der Waals surface area contributed by atoms with Gasteiger partial charge in [0.25, 0.3) is 0 Å². The average molecular weight is 289 g/mol. The monoisotopic (exact) mass is 289 g/mol. The summed E-state index contributed by atoms with van der Waals surface area (Å²) in [7, 11) is 0. The molecule has 0 aromatic heterocycles. The van der Waals surface area contributed by atoms with E-state index < -0.39 is 23.6 Å². The minimum Gasteiger partial charge on any atom is -0.465 e. The molecule has 0 bridgehead atoms. The van der Waals surface area contributed by atoms with Crippen molar-refractivity contribution in [3.63, 3.8) is 0 Å². The molecule has 3 nitrogen and oxygen atoms in total. The normalized spacial score (nSPS) is 12.2. The summed E-state index contributed by atoms with van der Waals surface area (Å²) in [6.45, 7) is 2.01. The summed E-state index contributed by atoms with van der Waals surface area (Å²) in [5.41, 5.74) is 5.93. The summed E-state index contributed by atoms with van der Waals surface area (Å²) in [4.78, 5) is 11.2. The Balaban J connectivity index is 2.31. The zero-order valence-electron chi connectivity index (χ0n) is 10.7. The summed E-state index contributed by atoms with van der Waals surface area (Å²) in [5, 5.41) is 0. The van der Waals surface area contributed by atoms with Crippen LogP contribution in [0.15, 0.2) is 18.2 Å². The van der Waals surface area contributed by atoms with Gasteiger partial charge in [-0.3, -0.25) is 4.79 Å². The van der Waals surface area contributed by atoms with Crippen molar-refractivity contribution in [3.8, 4) is 0 Å². The van der Waals surface area contributed by atoms with E-state index in [0.29, 0.717) is 30.1 Å². The number of ether oxygens (including phenoxy) is 1. The highest BCUT2D eigenvalue weighted by atomic mass is 32.2. The van der Waals surface area contributed by atoms with Crippen molar-refractivity contribution in [2.75, 3.05) is 12.4 Å². The van der Waals surface area contributed by atoms with Crippen LogP contribution in [0.1, 0.15) is 18.9 Å². The van der Waals surface area contributed by atoms with Gasteiger partial charge < -0.3 is 10.5 Å². The van der Waals surface area contributed by atoms with Crippen molar-refractivity contribution in [1.29, 1.82) is 0 Å². The summed E-state index contributed by atoms with van der Waals surface area (Å²) < 4.78 is 31.0. The third-order valence-corrected chi connectivity index (χ3v) is 3.49. The molecule has 19 heavy (non-hydrogen) atoms. The van der Waals surface area contributed by atoms with E-state index in [-0.39, 0.29) is 0 Å². The van der Waals surface area contributed by atoms with Gasteiger partial charge in [-0.05, 0) is 25.2 Å². The minimum atomic E-state index is -0.846. The van der Waals surface area contributed by atoms with Gasteiger partial charge in [0.15, 0.2) is 11.6 Å². The Morgan fingerprint density at radius 2 is 2.21 bits per heavy atom. The molecule has 0 radical (unpaired) electrons. The third kappa shape index (κ3) is 5.16. The second-order valence-corrected chi connectivity index (χ2v) is 5.02. The number of hydrogen-bond donors (Lipinski definition) is 1. The predicted molar refractivity (Wildman–Crippen MR) is 71.7 cm³/mol. The molecule has 0 spiro atoms. The zero-order valence-corrected chi connectivity index (χ0v) is 11.5. The van der Waals surface area contributed by atoms with Gasteiger partial charge in [-0.2, -0.15) is 11.8 Å². The fourth-order valence-electron chi connectivity index (χ4n) is 1.42. The molecule has 0 fully saturated rings. The summed E-state index contributed by atoms with van der Waals surface area (Å²) in [5.74, 6) is -1.17. The first kappa shape index (κ1) is 15.9. The van der Waals surface area contributed by atoms with E-state index in [2.05, 4.69) is 0 Å². The molecule has 0 heterocycles. The van der Waals surface area contributed by atoms with Crippen molar-refractivity contribution in [2.24, 2.45) is 5.73 Å². The van der Waals surface area contributed by atoms with Crippen LogP contribution in [0.2, 0.25) is 0 Å². The Morgan fingerprint density at radius 1 is 1.47 bits per heavy atom. The van der Waals surface area contributed by atoms with Crippen LogP contribution in [0, 0.1) is 11.6 Å².